The van der Waals surface area contributed by atoms with Gasteiger partial charge in [0.15, 0.2) is 29.1 Å². The van der Waals surface area contributed by atoms with Crippen LogP contribution in [0.5, 0.6) is 5.75 Å². The number of aryl methyl sites for hydroxylation is 3. The Morgan fingerprint density at radius 1 is 0.571 bits per heavy atom. The van der Waals surface area contributed by atoms with Gasteiger partial charge in [0.25, 0.3) is 12.2 Å². The Labute approximate surface area is 396 Å². The first-order chi connectivity index (χ1) is 33.3. The quantitative estimate of drug-likeness (QED) is 0.0392. The molecule has 0 fully saturated rings. The van der Waals surface area contributed by atoms with Gasteiger partial charge in [-0.1, -0.05) is 7.43 Å². The Morgan fingerprint density at radius 2 is 0.929 bits per heavy atom. The summed E-state index contributed by atoms with van der Waals surface area (Å²) in [5.41, 5.74) is 11.9. The first-order valence-electron chi connectivity index (χ1n) is 19.8. The number of nitrogens with zero attached hydrogens (tertiary/aromatic N) is 14. The van der Waals surface area contributed by atoms with Gasteiger partial charge in [0.2, 0.25) is 6.08 Å². The molecule has 6 aromatic rings. The van der Waals surface area contributed by atoms with Crippen molar-refractivity contribution in [2.75, 3.05) is 26.7 Å². The number of isocyanates is 1. The van der Waals surface area contributed by atoms with Crippen molar-refractivity contribution in [2.45, 2.75) is 60.9 Å². The van der Waals surface area contributed by atoms with Gasteiger partial charge in [-0.05, 0) is 86.0 Å². The van der Waals surface area contributed by atoms with Crippen LogP contribution in [0.4, 0.5) is 53.6 Å². The van der Waals surface area contributed by atoms with Crippen LogP contribution < -0.4 is 64.3 Å². The fraction of sp³-hybridized carbons (Fsp3) is 0.231. The molecule has 0 saturated heterocycles. The Hall–Kier alpha value is -10.0. The number of carbonyl (C=O) groups is 4. The minimum absolute atomic E-state index is 0. The molecular formula is C39H45N25O6. The van der Waals surface area contributed by atoms with Crippen molar-refractivity contribution in [3.8, 4) is 12.0 Å². The molecule has 8 bridgehead atoms. The van der Waals surface area contributed by atoms with Gasteiger partial charge in [-0.15, -0.1) is 66.4 Å². The maximum Gasteiger partial charge on any atom is 0.319 e. The maximum atomic E-state index is 12.5. The highest BCUT2D eigenvalue weighted by atomic mass is 16.5. The van der Waals surface area contributed by atoms with Gasteiger partial charge >= 0.3 is 24.1 Å². The summed E-state index contributed by atoms with van der Waals surface area (Å²) in [7, 11) is 0. The van der Waals surface area contributed by atoms with Gasteiger partial charge in [-0.2, -0.15) is 4.99 Å². The van der Waals surface area contributed by atoms with Crippen molar-refractivity contribution in [3.63, 3.8) is 0 Å². The highest BCUT2D eigenvalue weighted by Crippen LogP contribution is 2.23. The zero-order valence-electron chi connectivity index (χ0n) is 36.6. The molecule has 13 N–H and O–H groups in total. The van der Waals surface area contributed by atoms with Gasteiger partial charge in [-0.3, -0.25) is 5.43 Å². The number of anilines is 5. The van der Waals surface area contributed by atoms with Crippen LogP contribution in [0.15, 0.2) is 59.6 Å². The third-order valence-corrected chi connectivity index (χ3v) is 8.14. The largest absolute Gasteiger partial charge is 0.388 e. The summed E-state index contributed by atoms with van der Waals surface area (Å²) < 4.78 is 4.59. The number of hydrogen-bond donors (Lipinski definition) is 11. The molecule has 70 heavy (non-hydrogen) atoms. The fourth-order valence-electron chi connectivity index (χ4n) is 5.36. The zero-order valence-corrected chi connectivity index (χ0v) is 36.6. The Morgan fingerprint density at radius 3 is 1.24 bits per heavy atom. The molecule has 10 rings (SSSR count). The molecule has 31 heteroatoms. The predicted molar refractivity (Wildman–Crippen MR) is 246 cm³/mol. The van der Waals surface area contributed by atoms with E-state index in [2.05, 4.69) is 119 Å². The number of rotatable bonds is 4. The Balaban J connectivity index is 0.000000362. The van der Waals surface area contributed by atoms with Gasteiger partial charge in [0, 0.05) is 28.8 Å². The number of urea groups is 4. The number of amides is 8. The summed E-state index contributed by atoms with van der Waals surface area (Å²) in [5.74, 6) is 6.45. The molecule has 0 radical (unpaired) electrons. The summed E-state index contributed by atoms with van der Waals surface area (Å²) >= 11 is 0. The van der Waals surface area contributed by atoms with Crippen LogP contribution in [0.25, 0.3) is 0 Å². The number of hydrazine groups is 1. The van der Waals surface area contributed by atoms with Crippen molar-refractivity contribution >= 4 is 64.6 Å². The zero-order chi connectivity index (χ0) is 49.5. The molecule has 8 amide bonds. The van der Waals surface area contributed by atoms with Crippen LogP contribution in [0.3, 0.4) is 0 Å². The third kappa shape index (κ3) is 18.1. The van der Waals surface area contributed by atoms with Crippen LogP contribution in [0.2, 0.25) is 0 Å². The molecule has 4 aliphatic rings. The van der Waals surface area contributed by atoms with Crippen LogP contribution >= 0.6 is 0 Å². The normalized spacial score (nSPS) is 12.5. The summed E-state index contributed by atoms with van der Waals surface area (Å²) in [4.78, 5) is 63.3. The summed E-state index contributed by atoms with van der Waals surface area (Å²) in [6.07, 6.45) is 2.96. The first kappa shape index (κ1) is 52.6. The summed E-state index contributed by atoms with van der Waals surface area (Å²) in [6.45, 7) is 5.34. The molecule has 0 saturated carbocycles. The maximum absolute atomic E-state index is 12.5. The number of nitrogens with two attached hydrogens (primary N) is 2. The molecule has 0 unspecified atom stereocenters. The van der Waals surface area contributed by atoms with Crippen molar-refractivity contribution in [3.05, 3.63) is 100 Å². The summed E-state index contributed by atoms with van der Waals surface area (Å²) in [6, 6.07) is 12.6. The van der Waals surface area contributed by atoms with E-state index in [1.165, 1.54) is 12.1 Å². The van der Waals surface area contributed by atoms with E-state index in [4.69, 9.17) is 16.8 Å². The molecule has 7 heterocycles. The Bertz CT molecular complexity index is 2550. The molecule has 0 spiro atoms. The van der Waals surface area contributed by atoms with Crippen molar-refractivity contribution in [1.29, 1.82) is 5.26 Å². The number of ether oxygens (including phenoxy) is 1. The number of carbonyl (C=O) groups excluding carboxylic acids is 5. The lowest BCUT2D eigenvalue weighted by Crippen LogP contribution is -2.31. The van der Waals surface area contributed by atoms with Gasteiger partial charge in [0.05, 0.1) is 38.4 Å². The highest BCUT2D eigenvalue weighted by Gasteiger charge is 2.12. The standard InChI is InChI=1S/C26H28N16O4.C9H6N2O2.C3H7N7.CH4/c1-13-3-15-7-16(4-13)32-24(44)28-10-20-37-41-22(42-38-20)12-30-26(46)34-18-6-14(2)5-17(8-18)33-25(45)29-11-21-39-35-19(36-40-21)9-27-23(43)31-15;1-7-2-8(11-6-12)4-9(3-7)13-5-10;4-1-2-7-9-3(6-5)10-8-2;/h3-8H,9-12H2,1-2H3,(H2,27,31,43)(H2,28,32,44)(H2,29,33,45)(H2,30,34,46);2-4H,1H3;1,4-5H2,(H,6,9,10);1H4. The SMILES string of the molecule is C.Cc1cc(N=C=O)cc(OC#N)c1.Cc1cc2cc(c1)NC(=O)NCc1nnc(nn1)CNC(=O)Nc1cc(C)cc(c1)NC(=O)NCc1nnc(nn1)CNC(=O)N2.NCc1nnc(NN)nn1. The number of benzene rings is 3. The smallest absolute Gasteiger partial charge is 0.319 e. The molecule has 362 valence electrons. The van der Waals surface area contributed by atoms with Crippen molar-refractivity contribution in [2.24, 2.45) is 16.6 Å². The van der Waals surface area contributed by atoms with E-state index in [1.807, 2.05) is 6.92 Å². The van der Waals surface area contributed by atoms with Gasteiger partial charge < -0.3 is 53.0 Å². The lowest BCUT2D eigenvalue weighted by Gasteiger charge is -2.12. The average molecular weight is 960 g/mol. The van der Waals surface area contributed by atoms with Gasteiger partial charge in [0.1, 0.15) is 5.75 Å². The Kier molecular flexibility index (Phi) is 20.1. The van der Waals surface area contributed by atoms with Crippen molar-refractivity contribution < 1.29 is 28.7 Å². The van der Waals surface area contributed by atoms with E-state index < -0.39 is 24.1 Å². The van der Waals surface area contributed by atoms with E-state index in [0.717, 1.165) is 16.7 Å². The second-order valence-corrected chi connectivity index (χ2v) is 13.8. The first-order valence-corrected chi connectivity index (χ1v) is 19.8. The molecule has 0 atom stereocenters. The third-order valence-electron chi connectivity index (χ3n) is 8.14. The van der Waals surface area contributed by atoms with E-state index in [9.17, 15) is 24.0 Å². The van der Waals surface area contributed by atoms with Crippen LogP contribution in [0.1, 0.15) is 53.2 Å². The van der Waals surface area contributed by atoms with E-state index in [-0.39, 0.29) is 69.4 Å². The topological polar surface area (TPSA) is 446 Å². The second-order valence-electron chi connectivity index (χ2n) is 13.8. The van der Waals surface area contributed by atoms with E-state index in [1.54, 1.807) is 68.6 Å². The molecule has 31 nitrogen and oxygen atoms in total. The second kappa shape index (κ2) is 26.8. The molecule has 4 aliphatic heterocycles. The monoisotopic (exact) mass is 959 g/mol. The number of nitriles is 1. The number of nitrogens with one attached hydrogen (secondary N) is 9. The number of hydrogen-bond acceptors (Lipinski definition) is 23. The minimum Gasteiger partial charge on any atom is -0.388 e. The number of aliphatic imine (C=N–C) groups is 1. The van der Waals surface area contributed by atoms with Gasteiger partial charge in [-0.25, -0.2) is 29.8 Å². The van der Waals surface area contributed by atoms with Crippen molar-refractivity contribution in [1.82, 2.24) is 82.5 Å². The number of aromatic nitrogens is 12. The lowest BCUT2D eigenvalue weighted by atomic mass is 10.2. The lowest BCUT2D eigenvalue weighted by molar-refractivity contribution is 0.250. The minimum atomic E-state index is -0.554. The molecule has 0 aliphatic carbocycles. The van der Waals surface area contributed by atoms with Crippen LogP contribution in [0, 0.1) is 32.3 Å². The average Bonchev–Trinajstić information content (AvgIpc) is 3.32. The van der Waals surface area contributed by atoms with E-state index >= 15 is 0 Å². The van der Waals surface area contributed by atoms with Crippen LogP contribution in [-0.4, -0.2) is 91.4 Å². The summed E-state index contributed by atoms with van der Waals surface area (Å²) in [5, 5.41) is 75.0. The molecule has 3 aromatic heterocycles. The molecule has 3 aromatic carbocycles. The molecular weight excluding hydrogens is 915 g/mol. The highest BCUT2D eigenvalue weighted by molar-refractivity contribution is 5.94. The van der Waals surface area contributed by atoms with Crippen LogP contribution in [-0.2, 0) is 37.5 Å². The number of nitrogen functional groups attached to an aromatic ring is 1. The van der Waals surface area contributed by atoms with E-state index in [0.29, 0.717) is 40.0 Å². The predicted octanol–water partition coefficient (Wildman–Crippen LogP) is 1.53. The fourth-order valence-corrected chi connectivity index (χ4v) is 5.36.